The summed E-state index contributed by atoms with van der Waals surface area (Å²) in [4.78, 5) is 36.2. The second-order valence-electron chi connectivity index (χ2n) is 12.5. The standard InChI is InChI=1S/C35H26N4O17S4/c40-27-15-21(57(45,46)47)11-17-3-1-5-25(31(17)27)38-33(42)23-9-7-19(13-29(23)59(51,52)53)36-35(44)37-20-8-10-24(30(14-20)60(54,55)56)34(43)39-26-6-2-4-18-12-22(58(48,49)50)16-28(41)32(18)26/h1-16,40-41H,(H,38,42)(H,39,43)(H2,36,37,44)(H,45,46,47)(H,48,49,50)(H,51,52,53)(H,54,55,56). The molecule has 21 nitrogen and oxygen atoms in total. The highest BCUT2D eigenvalue weighted by atomic mass is 32.2. The maximum absolute atomic E-state index is 13.3. The summed E-state index contributed by atoms with van der Waals surface area (Å²) in [5.74, 6) is -3.67. The molecule has 0 saturated carbocycles. The van der Waals surface area contributed by atoms with E-state index >= 15 is 0 Å². The molecule has 312 valence electrons. The first-order chi connectivity index (χ1) is 27.8. The normalized spacial score (nSPS) is 12.2. The van der Waals surface area contributed by atoms with Gasteiger partial charge in [0, 0.05) is 34.3 Å². The Hall–Kier alpha value is -6.71. The second kappa shape index (κ2) is 15.5. The first-order valence-corrected chi connectivity index (χ1v) is 22.0. The first-order valence-electron chi connectivity index (χ1n) is 16.2. The minimum atomic E-state index is -5.20. The SMILES string of the molecule is O=C(Nc1ccc(C(=O)Nc2cccc3cc(S(=O)(=O)O)cc(O)c23)c(S(=O)(=O)O)c1)Nc1ccc(C(=O)Nc2cccc3cc(S(=O)(=O)O)cc(O)c23)c(S(=O)(=O)O)c1. The maximum atomic E-state index is 13.3. The van der Waals surface area contributed by atoms with Gasteiger partial charge in [-0.25, -0.2) is 4.79 Å². The van der Waals surface area contributed by atoms with Crippen LogP contribution in [0.2, 0.25) is 0 Å². The van der Waals surface area contributed by atoms with Crippen LogP contribution in [0, 0.1) is 0 Å². The van der Waals surface area contributed by atoms with Crippen molar-refractivity contribution in [1.29, 1.82) is 0 Å². The number of carbonyl (C=O) groups is 3. The van der Waals surface area contributed by atoms with E-state index in [0.29, 0.717) is 24.3 Å². The van der Waals surface area contributed by atoms with Gasteiger partial charge in [0.2, 0.25) is 0 Å². The van der Waals surface area contributed by atoms with Gasteiger partial charge in [0.1, 0.15) is 21.3 Å². The number of hydrogen-bond donors (Lipinski definition) is 10. The summed E-state index contributed by atoms with van der Waals surface area (Å²) in [5, 5.41) is 30.0. The van der Waals surface area contributed by atoms with Gasteiger partial charge >= 0.3 is 6.03 Å². The average molecular weight is 903 g/mol. The van der Waals surface area contributed by atoms with Crippen LogP contribution in [0.4, 0.5) is 27.5 Å². The first kappa shape index (κ1) is 42.9. The number of aromatic hydroxyl groups is 2. The minimum Gasteiger partial charge on any atom is -0.507 e. The van der Waals surface area contributed by atoms with Gasteiger partial charge in [0.05, 0.1) is 32.3 Å². The molecule has 0 aromatic heterocycles. The largest absolute Gasteiger partial charge is 0.507 e. The van der Waals surface area contributed by atoms with E-state index in [-0.39, 0.29) is 44.3 Å². The molecule has 10 N–H and O–H groups in total. The Morgan fingerprint density at radius 3 is 1.13 bits per heavy atom. The smallest absolute Gasteiger partial charge is 0.323 e. The molecule has 0 saturated heterocycles. The molecule has 0 atom stereocenters. The highest BCUT2D eigenvalue weighted by molar-refractivity contribution is 7.86. The summed E-state index contributed by atoms with van der Waals surface area (Å²) in [5.41, 5.74) is -2.30. The number of phenolic OH excluding ortho intramolecular Hbond substituents is 2. The fourth-order valence-electron chi connectivity index (χ4n) is 5.94. The summed E-state index contributed by atoms with van der Waals surface area (Å²) in [6, 6.07) is 15.4. The van der Waals surface area contributed by atoms with E-state index in [1.54, 1.807) is 0 Å². The number of urea groups is 1. The molecule has 0 bridgehead atoms. The fourth-order valence-corrected chi connectivity index (χ4v) is 8.44. The highest BCUT2D eigenvalue weighted by Gasteiger charge is 2.26. The van der Waals surface area contributed by atoms with Gasteiger partial charge in [-0.2, -0.15) is 33.7 Å². The van der Waals surface area contributed by atoms with Gasteiger partial charge < -0.3 is 31.5 Å². The predicted molar refractivity (Wildman–Crippen MR) is 212 cm³/mol. The number of fused-ring (bicyclic) bond motifs is 2. The molecule has 0 fully saturated rings. The summed E-state index contributed by atoms with van der Waals surface area (Å²) < 4.78 is 135. The van der Waals surface area contributed by atoms with E-state index in [0.717, 1.165) is 36.4 Å². The van der Waals surface area contributed by atoms with Crippen molar-refractivity contribution in [2.24, 2.45) is 0 Å². The Balaban J connectivity index is 1.23. The number of nitrogens with one attached hydrogen (secondary N) is 4. The lowest BCUT2D eigenvalue weighted by Crippen LogP contribution is -2.22. The molecule has 0 radical (unpaired) electrons. The van der Waals surface area contributed by atoms with E-state index in [2.05, 4.69) is 21.3 Å². The van der Waals surface area contributed by atoms with Crippen LogP contribution in [-0.4, -0.2) is 79.9 Å². The van der Waals surface area contributed by atoms with Crippen LogP contribution in [0.5, 0.6) is 11.5 Å². The molecule has 4 amide bonds. The van der Waals surface area contributed by atoms with Gasteiger partial charge in [-0.15, -0.1) is 0 Å². The van der Waals surface area contributed by atoms with Crippen molar-refractivity contribution >= 4 is 103 Å². The average Bonchev–Trinajstić information content (AvgIpc) is 3.13. The number of hydrogen-bond acceptors (Lipinski definition) is 13. The monoisotopic (exact) mass is 902 g/mol. The van der Waals surface area contributed by atoms with E-state index in [9.17, 15) is 76.5 Å². The fraction of sp³-hybridized carbons (Fsp3) is 0. The highest BCUT2D eigenvalue weighted by Crippen LogP contribution is 2.37. The Labute approximate surface area is 338 Å². The molecule has 0 heterocycles. The van der Waals surface area contributed by atoms with Gasteiger partial charge in [0.25, 0.3) is 52.3 Å². The molecule has 0 unspecified atom stereocenters. The molecule has 6 rings (SSSR count). The third-order valence-electron chi connectivity index (χ3n) is 8.48. The van der Waals surface area contributed by atoms with Gasteiger partial charge in [-0.3, -0.25) is 27.8 Å². The Morgan fingerprint density at radius 1 is 0.433 bits per heavy atom. The number of carbonyl (C=O) groups excluding carboxylic acids is 3. The predicted octanol–water partition coefficient (Wildman–Crippen LogP) is 4.54. The van der Waals surface area contributed by atoms with E-state index < -0.39 is 101 Å². The summed E-state index contributed by atoms with van der Waals surface area (Å²) in [7, 11) is -19.9. The molecule has 0 spiro atoms. The van der Waals surface area contributed by atoms with Crippen molar-refractivity contribution in [3.05, 3.63) is 108 Å². The molecular weight excluding hydrogens is 877 g/mol. The van der Waals surface area contributed by atoms with Crippen LogP contribution in [0.15, 0.2) is 117 Å². The topological polar surface area (TPSA) is 357 Å². The summed E-state index contributed by atoms with van der Waals surface area (Å²) in [6.45, 7) is 0. The number of amides is 4. The zero-order valence-electron chi connectivity index (χ0n) is 29.5. The third-order valence-corrected chi connectivity index (χ3v) is 11.9. The maximum Gasteiger partial charge on any atom is 0.323 e. The second-order valence-corrected chi connectivity index (χ2v) is 18.1. The van der Waals surface area contributed by atoms with E-state index in [1.165, 1.54) is 36.4 Å². The Morgan fingerprint density at radius 2 is 0.800 bits per heavy atom. The van der Waals surface area contributed by atoms with Crippen molar-refractivity contribution in [3.63, 3.8) is 0 Å². The Kier molecular flexibility index (Phi) is 11.1. The zero-order chi connectivity index (χ0) is 44.1. The summed E-state index contributed by atoms with van der Waals surface area (Å²) >= 11 is 0. The lowest BCUT2D eigenvalue weighted by molar-refractivity contribution is 0.101. The molecule has 60 heavy (non-hydrogen) atoms. The molecule has 6 aromatic rings. The van der Waals surface area contributed by atoms with Crippen molar-refractivity contribution in [2.75, 3.05) is 21.3 Å². The number of benzene rings is 6. The van der Waals surface area contributed by atoms with E-state index in [4.69, 9.17) is 0 Å². The molecular formula is C35H26N4O17S4. The van der Waals surface area contributed by atoms with Crippen molar-refractivity contribution in [2.45, 2.75) is 19.6 Å². The van der Waals surface area contributed by atoms with E-state index in [1.807, 2.05) is 0 Å². The number of phenols is 2. The lowest BCUT2D eigenvalue weighted by atomic mass is 10.1. The molecule has 0 aliphatic carbocycles. The minimum absolute atomic E-state index is 0.0471. The van der Waals surface area contributed by atoms with Crippen LogP contribution in [-0.2, 0) is 40.5 Å². The zero-order valence-corrected chi connectivity index (χ0v) is 32.8. The Bertz CT molecular complexity index is 3080. The number of anilines is 4. The van der Waals surface area contributed by atoms with Crippen molar-refractivity contribution in [1.82, 2.24) is 0 Å². The van der Waals surface area contributed by atoms with Crippen LogP contribution in [0.1, 0.15) is 20.7 Å². The van der Waals surface area contributed by atoms with Crippen molar-refractivity contribution in [3.8, 4) is 11.5 Å². The van der Waals surface area contributed by atoms with Crippen LogP contribution in [0.3, 0.4) is 0 Å². The van der Waals surface area contributed by atoms with Crippen LogP contribution < -0.4 is 21.3 Å². The molecule has 0 aliphatic rings. The quantitative estimate of drug-likeness (QED) is 0.0843. The van der Waals surface area contributed by atoms with Crippen LogP contribution in [0.25, 0.3) is 21.5 Å². The lowest BCUT2D eigenvalue weighted by Gasteiger charge is -2.15. The van der Waals surface area contributed by atoms with Crippen molar-refractivity contribution < 1.29 is 76.5 Å². The van der Waals surface area contributed by atoms with Gasteiger partial charge in [-0.05, 0) is 71.4 Å². The molecule has 25 heteroatoms. The summed E-state index contributed by atoms with van der Waals surface area (Å²) in [6.07, 6.45) is 0. The van der Waals surface area contributed by atoms with Gasteiger partial charge in [-0.1, -0.05) is 24.3 Å². The number of rotatable bonds is 10. The van der Waals surface area contributed by atoms with Crippen LogP contribution >= 0.6 is 0 Å². The third kappa shape index (κ3) is 9.12. The van der Waals surface area contributed by atoms with Gasteiger partial charge in [0.15, 0.2) is 0 Å². The molecule has 0 aliphatic heterocycles. The molecule has 6 aromatic carbocycles.